The Balaban J connectivity index is 1.99. The number of piperazine rings is 1. The minimum Gasteiger partial charge on any atom is -0.507 e. The van der Waals surface area contributed by atoms with Crippen LogP contribution in [0.2, 0.25) is 5.02 Å². The van der Waals surface area contributed by atoms with E-state index in [1.165, 1.54) is 30.1 Å². The van der Waals surface area contributed by atoms with E-state index in [1.54, 1.807) is 24.1 Å². The average Bonchev–Trinajstić information content (AvgIpc) is 3.05. The summed E-state index contributed by atoms with van der Waals surface area (Å²) in [6.07, 6.45) is 2.71. The summed E-state index contributed by atoms with van der Waals surface area (Å²) in [7, 11) is 1.36. The monoisotopic (exact) mass is 674 g/mol. The summed E-state index contributed by atoms with van der Waals surface area (Å²) in [5.41, 5.74) is -1.27. The number of aromatic nitrogens is 2. The summed E-state index contributed by atoms with van der Waals surface area (Å²) in [5.74, 6) is -4.03. The van der Waals surface area contributed by atoms with E-state index in [0.717, 1.165) is 16.7 Å². The van der Waals surface area contributed by atoms with E-state index in [9.17, 15) is 19.5 Å². The van der Waals surface area contributed by atoms with Gasteiger partial charge in [0.1, 0.15) is 23.2 Å². The number of benzene rings is 2. The molecule has 1 atom stereocenters. The molecule has 2 aromatic heterocycles. The van der Waals surface area contributed by atoms with Crippen LogP contribution in [-0.2, 0) is 4.79 Å². The van der Waals surface area contributed by atoms with E-state index in [2.05, 4.69) is 21.7 Å². The largest absolute Gasteiger partial charge is 0.507 e. The van der Waals surface area contributed by atoms with Crippen molar-refractivity contribution in [2.45, 2.75) is 32.7 Å². The number of fused-ring (bicyclic) bond motifs is 1. The highest BCUT2D eigenvalue weighted by atomic mass is 35.5. The number of nitrogens with one attached hydrogen (secondary N) is 1. The molecule has 1 saturated heterocycles. The fraction of sp³-hybridized carbons (Fsp3) is 0.286. The Kier molecular flexibility index (Phi) is 9.54. The molecule has 48 heavy (non-hydrogen) atoms. The van der Waals surface area contributed by atoms with Gasteiger partial charge < -0.3 is 25.1 Å². The number of phenolic OH excluding ortho intramolecular Hbond substituents is 1. The number of amides is 2. The number of anilines is 1. The van der Waals surface area contributed by atoms with E-state index in [4.69, 9.17) is 18.2 Å². The molecule has 0 bridgehead atoms. The molecule has 5 rings (SSSR count). The van der Waals surface area contributed by atoms with Gasteiger partial charge in [-0.2, -0.15) is 0 Å². The van der Waals surface area contributed by atoms with E-state index in [-0.39, 0.29) is 70.9 Å². The van der Waals surface area contributed by atoms with Crippen molar-refractivity contribution in [3.05, 3.63) is 104 Å². The van der Waals surface area contributed by atoms with Crippen molar-refractivity contribution in [1.82, 2.24) is 19.8 Å². The number of hydrogen-bond acceptors (Lipinski definition) is 6. The van der Waals surface area contributed by atoms with Crippen molar-refractivity contribution < 1.29 is 23.5 Å². The molecule has 13 heteroatoms. The first-order valence-corrected chi connectivity index (χ1v) is 15.5. The predicted molar refractivity (Wildman–Crippen MR) is 181 cm³/mol. The van der Waals surface area contributed by atoms with Crippen molar-refractivity contribution >= 4 is 40.0 Å². The van der Waals surface area contributed by atoms with Gasteiger partial charge in [-0.1, -0.05) is 38.1 Å². The molecule has 0 radical (unpaired) electrons. The van der Waals surface area contributed by atoms with Gasteiger partial charge in [0.25, 0.3) is 11.5 Å². The number of phenols is 1. The third-order valence-corrected chi connectivity index (χ3v) is 8.80. The van der Waals surface area contributed by atoms with Gasteiger partial charge in [-0.15, -0.1) is 0 Å². The van der Waals surface area contributed by atoms with Gasteiger partial charge in [-0.3, -0.25) is 23.9 Å². The van der Waals surface area contributed by atoms with Crippen LogP contribution < -0.4 is 15.8 Å². The third-order valence-electron chi connectivity index (χ3n) is 8.50. The molecule has 0 aliphatic carbocycles. The highest BCUT2D eigenvalue weighted by molar-refractivity contribution is 6.34. The lowest BCUT2D eigenvalue weighted by Gasteiger charge is -2.41. The van der Waals surface area contributed by atoms with Crippen LogP contribution in [-0.4, -0.2) is 70.6 Å². The molecule has 4 aromatic rings. The zero-order valence-electron chi connectivity index (χ0n) is 26.8. The van der Waals surface area contributed by atoms with E-state index < -0.39 is 46.0 Å². The second kappa shape index (κ2) is 13.4. The normalized spacial score (nSPS) is 14.7. The summed E-state index contributed by atoms with van der Waals surface area (Å²) >= 11 is 6.74. The van der Waals surface area contributed by atoms with Gasteiger partial charge in [0.05, 0.1) is 33.2 Å². The highest BCUT2D eigenvalue weighted by Gasteiger charge is 2.37. The fourth-order valence-electron chi connectivity index (χ4n) is 6.33. The lowest BCUT2D eigenvalue weighted by Crippen LogP contribution is -2.56. The molecular formula is C35H33ClF2N6O4. The van der Waals surface area contributed by atoms with Gasteiger partial charge in [-0.05, 0) is 48.7 Å². The Hall–Kier alpha value is -5.28. The number of nitrogens with zero attached hydrogens (tertiary/aromatic N) is 5. The Morgan fingerprint density at radius 1 is 1.23 bits per heavy atom. The van der Waals surface area contributed by atoms with Gasteiger partial charge >= 0.3 is 0 Å². The Morgan fingerprint density at radius 3 is 2.58 bits per heavy atom. The number of carbonyl (C=O) groups is 2. The molecule has 3 heterocycles. The topological polar surface area (TPSA) is 112 Å². The molecule has 0 spiro atoms. The summed E-state index contributed by atoms with van der Waals surface area (Å²) in [6, 6.07) is 5.83. The lowest BCUT2D eigenvalue weighted by atomic mass is 9.96. The number of aryl methyl sites for hydroxylation is 1. The van der Waals surface area contributed by atoms with Gasteiger partial charge in [-0.25, -0.2) is 15.4 Å². The van der Waals surface area contributed by atoms with Crippen LogP contribution in [0.5, 0.6) is 5.75 Å². The number of aromatic hydroxyl groups is 1. The standard InChI is InChI=1S/C35H33ClF2N6O4/c1-7-25(46)43-14-13-42(17-20(43)16-39-5)32-21-15-22(36)26(27-23(37)9-8-10-24(27)45)29(38)33(21)44(35(48)28(32)34(47)40-6)31-19(4)11-12-41-30(31)18(2)3/h7-12,15,18,20,45H,1,13-14,16-17H2,2-4,6H3,(H,40,47)/t20-/m0/s1. The van der Waals surface area contributed by atoms with Crippen molar-refractivity contribution in [2.75, 3.05) is 38.1 Å². The first-order chi connectivity index (χ1) is 22.9. The summed E-state index contributed by atoms with van der Waals surface area (Å²) in [5, 5.41) is 12.9. The third kappa shape index (κ3) is 5.64. The molecule has 1 aliphatic heterocycles. The number of halogens is 3. The molecule has 248 valence electrons. The highest BCUT2D eigenvalue weighted by Crippen LogP contribution is 2.44. The fourth-order valence-corrected chi connectivity index (χ4v) is 6.62. The summed E-state index contributed by atoms with van der Waals surface area (Å²) in [6.45, 7) is 16.6. The van der Waals surface area contributed by atoms with Crippen LogP contribution in [0.4, 0.5) is 14.5 Å². The number of pyridine rings is 2. The minimum absolute atomic E-state index is 0.0166. The average molecular weight is 675 g/mol. The Labute approximate surface area is 280 Å². The minimum atomic E-state index is -1.11. The van der Waals surface area contributed by atoms with Crippen LogP contribution >= 0.6 is 11.6 Å². The van der Waals surface area contributed by atoms with Crippen molar-refractivity contribution in [3.63, 3.8) is 0 Å². The van der Waals surface area contributed by atoms with Crippen LogP contribution in [0.25, 0.3) is 32.6 Å². The van der Waals surface area contributed by atoms with Crippen molar-refractivity contribution in [1.29, 1.82) is 0 Å². The maximum Gasteiger partial charge on any atom is 0.270 e. The smallest absolute Gasteiger partial charge is 0.270 e. The molecule has 0 unspecified atom stereocenters. The molecule has 2 amide bonds. The molecular weight excluding hydrogens is 642 g/mol. The first-order valence-electron chi connectivity index (χ1n) is 15.1. The number of carbonyl (C=O) groups excluding carboxylic acids is 2. The maximum absolute atomic E-state index is 17.4. The van der Waals surface area contributed by atoms with Crippen LogP contribution in [0.3, 0.4) is 0 Å². The van der Waals surface area contributed by atoms with Crippen LogP contribution in [0.15, 0.2) is 54.0 Å². The lowest BCUT2D eigenvalue weighted by molar-refractivity contribution is -0.128. The molecule has 10 nitrogen and oxygen atoms in total. The molecule has 1 fully saturated rings. The molecule has 2 N–H and O–H groups in total. The van der Waals surface area contributed by atoms with Crippen LogP contribution in [0, 0.1) is 25.1 Å². The van der Waals surface area contributed by atoms with E-state index >= 15 is 8.78 Å². The maximum atomic E-state index is 17.4. The van der Waals surface area contributed by atoms with E-state index in [0.29, 0.717) is 11.3 Å². The quantitative estimate of drug-likeness (QED) is 0.195. The van der Waals surface area contributed by atoms with Crippen molar-refractivity contribution in [3.8, 4) is 22.6 Å². The predicted octanol–water partition coefficient (Wildman–Crippen LogP) is 5.60. The zero-order valence-corrected chi connectivity index (χ0v) is 27.5. The van der Waals surface area contributed by atoms with E-state index in [1.807, 2.05) is 13.8 Å². The van der Waals surface area contributed by atoms with Gasteiger partial charge in [0.2, 0.25) is 12.5 Å². The Morgan fingerprint density at radius 2 is 1.96 bits per heavy atom. The second-order valence-corrected chi connectivity index (χ2v) is 12.1. The van der Waals surface area contributed by atoms with Crippen LogP contribution in [0.1, 0.15) is 41.4 Å². The SMILES string of the molecule is [C-]#[N+]C[C@H]1CN(c2c(C(=O)NC)c(=O)n(-c3c(C)ccnc3C(C)C)c3c(F)c(-c4c(O)cccc4F)c(Cl)cc23)CCN1C(=O)C=C. The second-order valence-electron chi connectivity index (χ2n) is 11.7. The molecule has 2 aromatic carbocycles. The molecule has 0 saturated carbocycles. The Bertz CT molecular complexity index is 2070. The van der Waals surface area contributed by atoms with Crippen molar-refractivity contribution in [2.24, 2.45) is 0 Å². The zero-order chi connectivity index (χ0) is 35.0. The number of hydrogen-bond donors (Lipinski definition) is 2. The van der Waals surface area contributed by atoms with Gasteiger partial charge in [0, 0.05) is 43.8 Å². The molecule has 1 aliphatic rings. The first kappa shape index (κ1) is 34.1. The summed E-state index contributed by atoms with van der Waals surface area (Å²) < 4.78 is 33.7. The summed E-state index contributed by atoms with van der Waals surface area (Å²) in [4.78, 5) is 52.3. The van der Waals surface area contributed by atoms with Gasteiger partial charge in [0.15, 0.2) is 5.82 Å². The number of rotatable bonds is 7.